The molecule has 3 aromatic carbocycles. The summed E-state index contributed by atoms with van der Waals surface area (Å²) in [6.45, 7) is 4.52. The fraction of sp³-hybridized carbons (Fsp3) is 0.214. The van der Waals surface area contributed by atoms with E-state index in [9.17, 15) is 9.18 Å². The quantitative estimate of drug-likeness (QED) is 0.322. The zero-order chi connectivity index (χ0) is 25.1. The molecule has 6 nitrogen and oxygen atoms in total. The van der Waals surface area contributed by atoms with Crippen molar-refractivity contribution in [2.24, 2.45) is 0 Å². The van der Waals surface area contributed by atoms with E-state index < -0.39 is 5.82 Å². The van der Waals surface area contributed by atoms with E-state index in [1.165, 1.54) is 12.1 Å². The lowest BCUT2D eigenvalue weighted by molar-refractivity contribution is 0.0745. The monoisotopic (exact) mass is 505 g/mol. The Labute approximate surface area is 213 Å². The van der Waals surface area contributed by atoms with E-state index in [1.807, 2.05) is 54.6 Å². The van der Waals surface area contributed by atoms with Crippen molar-refractivity contribution in [3.63, 3.8) is 0 Å². The van der Waals surface area contributed by atoms with Gasteiger partial charge in [0.25, 0.3) is 5.91 Å². The zero-order valence-corrected chi connectivity index (χ0v) is 20.5. The van der Waals surface area contributed by atoms with Crippen LogP contribution in [0.3, 0.4) is 0 Å². The van der Waals surface area contributed by atoms with Crippen molar-refractivity contribution in [3.8, 4) is 17.0 Å². The number of halogens is 2. The van der Waals surface area contributed by atoms with Crippen LogP contribution in [0.25, 0.3) is 11.3 Å². The predicted octanol–water partition coefficient (Wildman–Crippen LogP) is 5.98. The summed E-state index contributed by atoms with van der Waals surface area (Å²) in [5, 5.41) is 4.14. The number of hydrogen-bond acceptors (Lipinski definition) is 5. The molecule has 2 heterocycles. The number of nitrogens with zero attached hydrogens (tertiary/aromatic N) is 3. The third-order valence-electron chi connectivity index (χ3n) is 6.29. The summed E-state index contributed by atoms with van der Waals surface area (Å²) in [7, 11) is 0. The topological polar surface area (TPSA) is 58.8 Å². The van der Waals surface area contributed by atoms with E-state index in [1.54, 1.807) is 17.9 Å². The minimum atomic E-state index is -0.550. The van der Waals surface area contributed by atoms with E-state index in [2.05, 4.69) is 10.1 Å². The number of benzene rings is 3. The number of ether oxygens (including phenoxy) is 1. The summed E-state index contributed by atoms with van der Waals surface area (Å²) >= 11 is 6.22. The summed E-state index contributed by atoms with van der Waals surface area (Å²) in [5.41, 5.74) is 2.64. The molecule has 4 aromatic rings. The van der Waals surface area contributed by atoms with Crippen molar-refractivity contribution >= 4 is 23.2 Å². The van der Waals surface area contributed by atoms with E-state index in [0.29, 0.717) is 38.5 Å². The summed E-state index contributed by atoms with van der Waals surface area (Å²) < 4.78 is 25.7. The molecular weight excluding hydrogens is 481 g/mol. The van der Waals surface area contributed by atoms with Crippen LogP contribution >= 0.6 is 11.6 Å². The first-order valence-corrected chi connectivity index (χ1v) is 12.1. The van der Waals surface area contributed by atoms with Crippen LogP contribution in [0, 0.1) is 12.7 Å². The van der Waals surface area contributed by atoms with Gasteiger partial charge in [-0.1, -0.05) is 53.2 Å². The zero-order valence-electron chi connectivity index (χ0n) is 19.8. The van der Waals surface area contributed by atoms with Gasteiger partial charge in [0, 0.05) is 31.9 Å². The van der Waals surface area contributed by atoms with Gasteiger partial charge in [0.05, 0.1) is 10.6 Å². The van der Waals surface area contributed by atoms with Crippen LogP contribution in [-0.4, -0.2) is 42.1 Å². The van der Waals surface area contributed by atoms with Gasteiger partial charge in [-0.25, -0.2) is 4.39 Å². The van der Waals surface area contributed by atoms with E-state index in [0.717, 1.165) is 17.0 Å². The van der Waals surface area contributed by atoms with Gasteiger partial charge in [-0.3, -0.25) is 4.79 Å². The molecule has 1 aliphatic rings. The minimum Gasteiger partial charge on any atom is -0.489 e. The van der Waals surface area contributed by atoms with E-state index in [-0.39, 0.29) is 27.8 Å². The van der Waals surface area contributed by atoms with Crippen molar-refractivity contribution in [1.29, 1.82) is 0 Å². The van der Waals surface area contributed by atoms with E-state index >= 15 is 0 Å². The van der Waals surface area contributed by atoms with Crippen LogP contribution in [0.15, 0.2) is 77.3 Å². The third kappa shape index (κ3) is 4.93. The van der Waals surface area contributed by atoms with Crippen molar-refractivity contribution in [2.45, 2.75) is 13.5 Å². The number of rotatable bonds is 6. The summed E-state index contributed by atoms with van der Waals surface area (Å²) in [4.78, 5) is 17.4. The van der Waals surface area contributed by atoms with Gasteiger partial charge in [-0.15, -0.1) is 0 Å². The van der Waals surface area contributed by atoms with Crippen molar-refractivity contribution in [1.82, 2.24) is 10.1 Å². The Morgan fingerprint density at radius 2 is 1.72 bits per heavy atom. The standard InChI is InChI=1S/C28H25ClFN3O3/c1-19-25(27(31-36-19)26-23(29)8-5-9-24(26)30)28(34)33-16-14-32(15-17-33)21-10-12-22(13-11-21)35-18-20-6-3-2-4-7-20/h2-13H,14-18H2,1H3. The number of piperazine rings is 1. The number of carbonyl (C=O) groups is 1. The molecule has 5 rings (SSSR count). The third-order valence-corrected chi connectivity index (χ3v) is 6.61. The molecule has 0 bridgehead atoms. The Balaban J connectivity index is 1.23. The van der Waals surface area contributed by atoms with Crippen LogP contribution < -0.4 is 9.64 Å². The molecule has 0 unspecified atom stereocenters. The molecule has 1 fully saturated rings. The molecule has 1 saturated heterocycles. The van der Waals surface area contributed by atoms with Gasteiger partial charge in [0.2, 0.25) is 0 Å². The van der Waals surface area contributed by atoms with Gasteiger partial charge in [0.15, 0.2) is 0 Å². The first kappa shape index (κ1) is 23.9. The van der Waals surface area contributed by atoms with Gasteiger partial charge in [-0.2, -0.15) is 0 Å². The van der Waals surface area contributed by atoms with E-state index in [4.69, 9.17) is 20.9 Å². The summed E-state index contributed by atoms with van der Waals surface area (Å²) in [5.74, 6) is 0.347. The van der Waals surface area contributed by atoms with Gasteiger partial charge < -0.3 is 19.1 Å². The maximum Gasteiger partial charge on any atom is 0.259 e. The molecule has 0 saturated carbocycles. The van der Waals surface area contributed by atoms with Crippen LogP contribution in [0.5, 0.6) is 5.75 Å². The minimum absolute atomic E-state index is 0.0765. The molecule has 0 spiro atoms. The Morgan fingerprint density at radius 1 is 1.00 bits per heavy atom. The van der Waals surface area contributed by atoms with Crippen LogP contribution in [0.2, 0.25) is 5.02 Å². The molecule has 0 radical (unpaired) electrons. The van der Waals surface area contributed by atoms with Crippen molar-refractivity contribution in [2.75, 3.05) is 31.1 Å². The number of aromatic nitrogens is 1. The Morgan fingerprint density at radius 3 is 2.42 bits per heavy atom. The molecular formula is C28H25ClFN3O3. The Hall–Kier alpha value is -3.84. The molecule has 1 amide bonds. The van der Waals surface area contributed by atoms with Crippen LogP contribution in [0.1, 0.15) is 21.7 Å². The molecule has 0 N–H and O–H groups in total. The van der Waals surface area contributed by atoms with Crippen molar-refractivity contribution < 1.29 is 18.4 Å². The van der Waals surface area contributed by atoms with Crippen LogP contribution in [-0.2, 0) is 6.61 Å². The summed E-state index contributed by atoms with van der Waals surface area (Å²) in [6.07, 6.45) is 0. The van der Waals surface area contributed by atoms with Gasteiger partial charge >= 0.3 is 0 Å². The maximum absolute atomic E-state index is 14.5. The Bertz CT molecular complexity index is 1330. The normalized spacial score (nSPS) is 13.6. The lowest BCUT2D eigenvalue weighted by Gasteiger charge is -2.36. The van der Waals surface area contributed by atoms with Gasteiger partial charge in [0.1, 0.15) is 35.2 Å². The number of anilines is 1. The highest BCUT2D eigenvalue weighted by molar-refractivity contribution is 6.33. The second-order valence-corrected chi connectivity index (χ2v) is 9.01. The molecule has 1 aliphatic heterocycles. The second kappa shape index (κ2) is 10.4. The lowest BCUT2D eigenvalue weighted by Crippen LogP contribution is -2.49. The average Bonchev–Trinajstić information content (AvgIpc) is 3.28. The van der Waals surface area contributed by atoms with Gasteiger partial charge in [-0.05, 0) is 48.9 Å². The first-order chi connectivity index (χ1) is 17.5. The molecule has 1 aromatic heterocycles. The fourth-order valence-electron chi connectivity index (χ4n) is 4.34. The highest BCUT2D eigenvalue weighted by Crippen LogP contribution is 2.34. The molecule has 184 valence electrons. The SMILES string of the molecule is Cc1onc(-c2c(F)cccc2Cl)c1C(=O)N1CCN(c2ccc(OCc3ccccc3)cc2)CC1. The first-order valence-electron chi connectivity index (χ1n) is 11.7. The number of amides is 1. The highest BCUT2D eigenvalue weighted by Gasteiger charge is 2.30. The molecule has 0 atom stereocenters. The fourth-order valence-corrected chi connectivity index (χ4v) is 4.59. The molecule has 0 aliphatic carbocycles. The number of hydrogen-bond donors (Lipinski definition) is 0. The predicted molar refractivity (Wildman–Crippen MR) is 137 cm³/mol. The largest absolute Gasteiger partial charge is 0.489 e. The molecule has 8 heteroatoms. The lowest BCUT2D eigenvalue weighted by atomic mass is 10.0. The average molecular weight is 506 g/mol. The Kier molecular flexibility index (Phi) is 6.91. The number of carbonyl (C=O) groups excluding carboxylic acids is 1. The smallest absolute Gasteiger partial charge is 0.259 e. The van der Waals surface area contributed by atoms with Crippen LogP contribution in [0.4, 0.5) is 10.1 Å². The maximum atomic E-state index is 14.5. The second-order valence-electron chi connectivity index (χ2n) is 8.61. The van der Waals surface area contributed by atoms with Crippen molar-refractivity contribution in [3.05, 3.63) is 101 Å². The highest BCUT2D eigenvalue weighted by atomic mass is 35.5. The molecule has 36 heavy (non-hydrogen) atoms. The summed E-state index contributed by atoms with van der Waals surface area (Å²) in [6, 6.07) is 22.4. The number of aryl methyl sites for hydroxylation is 1.